The van der Waals surface area contributed by atoms with Crippen LogP contribution in [0.25, 0.3) is 0 Å². The normalized spacial score (nSPS) is 24.2. The number of nitrogens with zero attached hydrogens (tertiary/aromatic N) is 2. The highest BCUT2D eigenvalue weighted by molar-refractivity contribution is 4.88. The molecule has 0 bridgehead atoms. The van der Waals surface area contributed by atoms with Crippen LogP contribution in [0.4, 0.5) is 8.78 Å². The maximum Gasteiger partial charge on any atom is 0.272 e. The Morgan fingerprint density at radius 1 is 1.00 bits per heavy atom. The van der Waals surface area contributed by atoms with Crippen LogP contribution in [-0.2, 0) is 9.47 Å². The number of hydrogen-bond donors (Lipinski definition) is 3. The first-order valence-corrected chi connectivity index (χ1v) is 12.3. The van der Waals surface area contributed by atoms with E-state index in [1.54, 1.807) is 4.90 Å². The number of hydrogen-bond acceptors (Lipinski definition) is 7. The second-order valence-electron chi connectivity index (χ2n) is 11.0. The summed E-state index contributed by atoms with van der Waals surface area (Å²) in [6.07, 6.45) is 1.05. The van der Waals surface area contributed by atoms with Crippen molar-refractivity contribution >= 4 is 0 Å². The van der Waals surface area contributed by atoms with Gasteiger partial charge >= 0.3 is 0 Å². The molecule has 9 heteroatoms. The molecule has 4 aliphatic heterocycles. The van der Waals surface area contributed by atoms with E-state index in [9.17, 15) is 8.78 Å². The van der Waals surface area contributed by atoms with Gasteiger partial charge < -0.3 is 29.9 Å². The average Bonchev–Trinajstić information content (AvgIpc) is 2.60. The summed E-state index contributed by atoms with van der Waals surface area (Å²) in [5, 5.41) is 20.9. The Labute approximate surface area is 199 Å². The first-order valence-electron chi connectivity index (χ1n) is 12.3. The molecule has 0 unspecified atom stereocenters. The van der Waals surface area contributed by atoms with Crippen molar-refractivity contribution in [3.8, 4) is 0 Å². The van der Waals surface area contributed by atoms with Crippen molar-refractivity contribution in [3.63, 3.8) is 0 Å². The SMILES string of the molecule is CC(C)CC1(CO)COC1.CC(C)N1CC(F)(F)C1.CC(C)NC1COC1.CN1CC(O)C1. The first kappa shape index (κ1) is 30.6. The summed E-state index contributed by atoms with van der Waals surface area (Å²) in [6, 6.07) is 1.50. The number of likely N-dealkylation sites (tertiary alicyclic amines) is 2. The molecule has 0 aliphatic carbocycles. The molecule has 0 atom stereocenters. The maximum atomic E-state index is 12.1. The molecule has 0 aromatic rings. The number of halogens is 2. The van der Waals surface area contributed by atoms with Crippen molar-refractivity contribution in [1.82, 2.24) is 15.1 Å². The van der Waals surface area contributed by atoms with Crippen LogP contribution in [0, 0.1) is 11.3 Å². The zero-order chi connectivity index (χ0) is 25.2. The van der Waals surface area contributed by atoms with Gasteiger partial charge in [-0.3, -0.25) is 4.90 Å². The van der Waals surface area contributed by atoms with E-state index in [1.165, 1.54) is 0 Å². The van der Waals surface area contributed by atoms with E-state index >= 15 is 0 Å². The highest BCUT2D eigenvalue weighted by atomic mass is 19.3. The molecule has 4 saturated heterocycles. The number of β-amino-alcohol motifs (C(OH)–C–C–N with tert-alkyl or cyclic N) is 1. The van der Waals surface area contributed by atoms with Gasteiger partial charge in [0.2, 0.25) is 0 Å². The Morgan fingerprint density at radius 3 is 1.64 bits per heavy atom. The minimum absolute atomic E-state index is 0.0324. The number of likely N-dealkylation sites (N-methyl/N-ethyl adjacent to an activating group) is 1. The molecule has 4 fully saturated rings. The van der Waals surface area contributed by atoms with Gasteiger partial charge in [-0.05, 0) is 33.2 Å². The van der Waals surface area contributed by atoms with Crippen molar-refractivity contribution in [2.24, 2.45) is 11.3 Å². The van der Waals surface area contributed by atoms with Gasteiger partial charge in [0.15, 0.2) is 0 Å². The number of aliphatic hydroxyl groups is 2. The predicted octanol–water partition coefficient (Wildman–Crippen LogP) is 2.06. The molecule has 4 heterocycles. The van der Waals surface area contributed by atoms with Crippen LogP contribution in [0.3, 0.4) is 0 Å². The van der Waals surface area contributed by atoms with Crippen molar-refractivity contribution in [1.29, 1.82) is 0 Å². The Balaban J connectivity index is 0.000000223. The number of ether oxygens (including phenoxy) is 2. The molecule has 3 N–H and O–H groups in total. The molecular formula is C24H49F2N3O4. The van der Waals surface area contributed by atoms with Gasteiger partial charge in [-0.25, -0.2) is 8.78 Å². The van der Waals surface area contributed by atoms with Gasteiger partial charge in [0, 0.05) is 30.6 Å². The van der Waals surface area contributed by atoms with E-state index in [4.69, 9.17) is 19.7 Å². The van der Waals surface area contributed by atoms with Crippen LogP contribution in [0.5, 0.6) is 0 Å². The Morgan fingerprint density at radius 2 is 1.55 bits per heavy atom. The van der Waals surface area contributed by atoms with Crippen LogP contribution in [0.1, 0.15) is 48.0 Å². The lowest BCUT2D eigenvalue weighted by atomic mass is 9.79. The number of alkyl halides is 2. The average molecular weight is 482 g/mol. The van der Waals surface area contributed by atoms with Crippen molar-refractivity contribution in [2.45, 2.75) is 78.1 Å². The second-order valence-corrected chi connectivity index (χ2v) is 11.0. The molecule has 0 aromatic carbocycles. The summed E-state index contributed by atoms with van der Waals surface area (Å²) in [5.41, 5.74) is 0.119. The molecule has 0 aromatic heterocycles. The Bertz CT molecular complexity index is 504. The topological polar surface area (TPSA) is 77.4 Å². The van der Waals surface area contributed by atoms with Crippen molar-refractivity contribution < 1.29 is 28.5 Å². The number of rotatable bonds is 6. The van der Waals surface area contributed by atoms with E-state index in [-0.39, 0.29) is 37.3 Å². The van der Waals surface area contributed by atoms with E-state index in [0.29, 0.717) is 18.0 Å². The Kier molecular flexibility index (Phi) is 13.2. The molecule has 4 rings (SSSR count). The summed E-state index contributed by atoms with van der Waals surface area (Å²) < 4.78 is 34.3. The predicted molar refractivity (Wildman–Crippen MR) is 128 cm³/mol. The summed E-state index contributed by atoms with van der Waals surface area (Å²) in [5.74, 6) is -1.74. The minimum atomic E-state index is -2.40. The van der Waals surface area contributed by atoms with E-state index in [2.05, 4.69) is 37.9 Å². The summed E-state index contributed by atoms with van der Waals surface area (Å²) in [7, 11) is 1.99. The molecule has 7 nitrogen and oxygen atoms in total. The molecule has 33 heavy (non-hydrogen) atoms. The van der Waals surface area contributed by atoms with E-state index in [0.717, 1.165) is 45.9 Å². The van der Waals surface area contributed by atoms with Crippen molar-refractivity contribution in [2.75, 3.05) is 66.3 Å². The van der Waals surface area contributed by atoms with Crippen LogP contribution in [0.15, 0.2) is 0 Å². The highest BCUT2D eigenvalue weighted by Gasteiger charge is 2.44. The molecule has 0 radical (unpaired) electrons. The third-order valence-corrected chi connectivity index (χ3v) is 5.84. The van der Waals surface area contributed by atoms with Gasteiger partial charge in [-0.2, -0.15) is 0 Å². The van der Waals surface area contributed by atoms with Gasteiger partial charge in [0.1, 0.15) is 0 Å². The zero-order valence-electron chi connectivity index (χ0n) is 21.8. The first-order chi connectivity index (χ1) is 15.3. The third kappa shape index (κ3) is 12.2. The lowest BCUT2D eigenvalue weighted by Crippen LogP contribution is -2.58. The van der Waals surface area contributed by atoms with Gasteiger partial charge in [-0.15, -0.1) is 0 Å². The molecule has 0 amide bonds. The van der Waals surface area contributed by atoms with Crippen LogP contribution < -0.4 is 5.32 Å². The van der Waals surface area contributed by atoms with E-state index in [1.807, 2.05) is 20.9 Å². The molecule has 198 valence electrons. The second kappa shape index (κ2) is 14.2. The standard InChI is InChI=1S/C8H16O2.C6H11F2N.C6H13NO.C4H9NO/c1-7(2)3-8(4-9)5-10-6-8;1-5(2)9-3-6(7,8)4-9;1-5(2)7-6-3-8-4-6;1-5-2-4(6)3-5/h7,9H,3-6H2,1-2H3;5H,3-4H2,1-2H3;5-7H,3-4H2,1-2H3;4,6H,2-3H2,1H3. The van der Waals surface area contributed by atoms with Crippen molar-refractivity contribution in [3.05, 3.63) is 0 Å². The molecule has 0 spiro atoms. The monoisotopic (exact) mass is 481 g/mol. The van der Waals surface area contributed by atoms with Gasteiger partial charge in [0.25, 0.3) is 5.92 Å². The third-order valence-electron chi connectivity index (χ3n) is 5.84. The summed E-state index contributed by atoms with van der Waals surface area (Å²) in [4.78, 5) is 3.82. The molecular weight excluding hydrogens is 432 g/mol. The quantitative estimate of drug-likeness (QED) is 0.536. The number of nitrogens with one attached hydrogen (secondary N) is 1. The lowest BCUT2D eigenvalue weighted by Gasteiger charge is -2.41. The zero-order valence-corrected chi connectivity index (χ0v) is 21.8. The highest BCUT2D eigenvalue weighted by Crippen LogP contribution is 2.33. The lowest BCUT2D eigenvalue weighted by molar-refractivity contribution is -0.145. The number of aliphatic hydroxyl groups excluding tert-OH is 2. The van der Waals surface area contributed by atoms with Crippen LogP contribution in [0.2, 0.25) is 0 Å². The van der Waals surface area contributed by atoms with E-state index < -0.39 is 5.92 Å². The van der Waals surface area contributed by atoms with Gasteiger partial charge in [0.05, 0.1) is 58.3 Å². The summed E-state index contributed by atoms with van der Waals surface area (Å²) >= 11 is 0. The van der Waals surface area contributed by atoms with Crippen LogP contribution >= 0.6 is 0 Å². The fourth-order valence-corrected chi connectivity index (χ4v) is 3.91. The molecule has 4 aliphatic rings. The fraction of sp³-hybridized carbons (Fsp3) is 1.00. The fourth-order valence-electron chi connectivity index (χ4n) is 3.91. The smallest absolute Gasteiger partial charge is 0.272 e. The van der Waals surface area contributed by atoms with Gasteiger partial charge in [-0.1, -0.05) is 27.7 Å². The minimum Gasteiger partial charge on any atom is -0.396 e. The molecule has 0 saturated carbocycles. The largest absolute Gasteiger partial charge is 0.396 e. The summed E-state index contributed by atoms with van der Waals surface area (Å²) in [6.45, 7) is 17.7. The maximum absolute atomic E-state index is 12.1. The Hall–Kier alpha value is -0.420. The van der Waals surface area contributed by atoms with Crippen LogP contribution in [-0.4, -0.2) is 116 Å².